The van der Waals surface area contributed by atoms with Gasteiger partial charge in [-0.25, -0.2) is 9.69 Å². The Bertz CT molecular complexity index is 2610. The van der Waals surface area contributed by atoms with Crippen LogP contribution in [0.5, 0.6) is 5.75 Å². The second-order valence-electron chi connectivity index (χ2n) is 17.6. The fraction of sp³-hybridized carbons (Fsp3) is 0.407. The average molecular weight is 956 g/mol. The molecular formula is C54H57N3O13. The first kappa shape index (κ1) is 49.4. The van der Waals surface area contributed by atoms with Crippen molar-refractivity contribution < 1.29 is 62.3 Å². The number of nitrogens with zero attached hydrogens (tertiary/aromatic N) is 3. The number of amides is 3. The highest BCUT2D eigenvalue weighted by atomic mass is 16.6. The molecule has 3 amide bonds. The molecule has 0 aliphatic carbocycles. The monoisotopic (exact) mass is 955 g/mol. The minimum atomic E-state index is -2.09. The van der Waals surface area contributed by atoms with Crippen molar-refractivity contribution in [1.29, 1.82) is 0 Å². The van der Waals surface area contributed by atoms with Gasteiger partial charge in [-0.15, -0.1) is 0 Å². The molecule has 70 heavy (non-hydrogen) atoms. The van der Waals surface area contributed by atoms with Gasteiger partial charge in [0.15, 0.2) is 5.92 Å². The van der Waals surface area contributed by atoms with Crippen LogP contribution in [0.2, 0.25) is 0 Å². The van der Waals surface area contributed by atoms with E-state index in [1.54, 1.807) is 47.4 Å². The SMILES string of the molecule is COCCOC(=O)N1C(=O)[C@@]2(c3cc(C#CCC(C(=O)OC)C(=O)OC)ccc31)[C@H](C(=O)N1CCCCCCC1)[C@H]1C(=O)O[C@H](c3ccccc3)[C@H](c3ccccc3)N1[C@@H]2c1cccc(OCCO)c1. The van der Waals surface area contributed by atoms with Gasteiger partial charge in [-0.3, -0.25) is 28.9 Å². The summed E-state index contributed by atoms with van der Waals surface area (Å²) >= 11 is 0. The van der Waals surface area contributed by atoms with Crippen molar-refractivity contribution in [2.75, 3.05) is 65.7 Å². The minimum absolute atomic E-state index is 0.0269. The molecule has 0 aromatic heterocycles. The second kappa shape index (κ2) is 22.1. The lowest BCUT2D eigenvalue weighted by molar-refractivity contribution is -0.179. The summed E-state index contributed by atoms with van der Waals surface area (Å²) in [6, 6.07) is 27.1. The fourth-order valence-corrected chi connectivity index (χ4v) is 10.6. The topological polar surface area (TPSA) is 188 Å². The summed E-state index contributed by atoms with van der Waals surface area (Å²) in [5.41, 5.74) is 0.402. The van der Waals surface area contributed by atoms with Crippen LogP contribution < -0.4 is 9.64 Å². The number of hydrogen-bond donors (Lipinski definition) is 1. The molecule has 4 aliphatic rings. The summed E-state index contributed by atoms with van der Waals surface area (Å²) in [6.07, 6.45) is 1.91. The Hall–Kier alpha value is -7.06. The largest absolute Gasteiger partial charge is 0.491 e. The van der Waals surface area contributed by atoms with Gasteiger partial charge in [-0.1, -0.05) is 104 Å². The Morgan fingerprint density at radius 1 is 0.757 bits per heavy atom. The van der Waals surface area contributed by atoms with Crippen molar-refractivity contribution >= 4 is 41.5 Å². The van der Waals surface area contributed by atoms with E-state index in [1.807, 2.05) is 65.6 Å². The Labute approximate surface area is 406 Å². The van der Waals surface area contributed by atoms with Gasteiger partial charge in [0.2, 0.25) is 11.8 Å². The summed E-state index contributed by atoms with van der Waals surface area (Å²) in [5, 5.41) is 9.83. The third kappa shape index (κ3) is 9.36. The zero-order valence-electron chi connectivity index (χ0n) is 39.5. The Balaban J connectivity index is 1.45. The Morgan fingerprint density at radius 2 is 1.41 bits per heavy atom. The second-order valence-corrected chi connectivity index (χ2v) is 17.6. The highest BCUT2D eigenvalue weighted by molar-refractivity contribution is 6.23. The number of hydrogen-bond acceptors (Lipinski definition) is 14. The summed E-state index contributed by atoms with van der Waals surface area (Å²) in [7, 11) is 3.75. The maximum Gasteiger partial charge on any atom is 0.421 e. The van der Waals surface area contributed by atoms with Gasteiger partial charge in [-0.2, -0.15) is 0 Å². The first-order valence-corrected chi connectivity index (χ1v) is 23.6. The van der Waals surface area contributed by atoms with Crippen LogP contribution in [0.25, 0.3) is 0 Å². The van der Waals surface area contributed by atoms with Crippen LogP contribution in [0.15, 0.2) is 103 Å². The van der Waals surface area contributed by atoms with E-state index in [-0.39, 0.29) is 44.1 Å². The number of carbonyl (C=O) groups excluding carboxylic acids is 6. The van der Waals surface area contributed by atoms with Crippen molar-refractivity contribution in [3.05, 3.63) is 131 Å². The molecule has 1 spiro atoms. The minimum Gasteiger partial charge on any atom is -0.491 e. The molecule has 4 aromatic rings. The van der Waals surface area contributed by atoms with E-state index in [0.717, 1.165) is 43.9 Å². The van der Waals surface area contributed by atoms with Crippen molar-refractivity contribution in [3.63, 3.8) is 0 Å². The van der Waals surface area contributed by atoms with Gasteiger partial charge in [0, 0.05) is 32.2 Å². The van der Waals surface area contributed by atoms with Crippen molar-refractivity contribution in [1.82, 2.24) is 9.80 Å². The molecule has 4 aliphatic heterocycles. The van der Waals surface area contributed by atoms with Gasteiger partial charge < -0.3 is 38.4 Å². The molecule has 0 radical (unpaired) electrons. The molecular weight excluding hydrogens is 899 g/mol. The molecule has 3 fully saturated rings. The lowest BCUT2D eigenvalue weighted by Gasteiger charge is -2.46. The van der Waals surface area contributed by atoms with Gasteiger partial charge in [-0.05, 0) is 65.4 Å². The van der Waals surface area contributed by atoms with Crippen LogP contribution in [0.3, 0.4) is 0 Å². The lowest BCUT2D eigenvalue weighted by atomic mass is 9.64. The zero-order chi connectivity index (χ0) is 49.4. The molecule has 0 bridgehead atoms. The van der Waals surface area contributed by atoms with E-state index in [0.29, 0.717) is 48.4 Å². The van der Waals surface area contributed by atoms with Crippen LogP contribution in [-0.2, 0) is 53.1 Å². The smallest absolute Gasteiger partial charge is 0.421 e. The first-order valence-electron chi connectivity index (χ1n) is 23.6. The number of methoxy groups -OCH3 is 3. The number of rotatable bonds is 13. The molecule has 3 saturated heterocycles. The Kier molecular flexibility index (Phi) is 15.6. The number of esters is 3. The number of anilines is 1. The molecule has 4 heterocycles. The summed E-state index contributed by atoms with van der Waals surface area (Å²) in [6.45, 7) is 0.233. The standard InChI is InChI=1S/C54H57N3O13/c1-65-31-32-69-53(64)56-42-26-25-35(17-15-24-40(49(60)66-2)50(61)67-3)33-41(42)54(52(56)63)43(48(59)55-27-13-5-4-6-14-28-55)45-51(62)70-46(37-20-11-8-12-21-37)44(36-18-9-7-10-19-36)57(45)47(54)38-22-16-23-39(34-38)68-30-29-58/h7-12,16,18-23,25-26,33-34,40,43-47,58H,4-6,13-14,24,27-32H2,1-3H3/t43-,44-,45-,46+,47+,54-/m0/s1. The number of aliphatic hydroxyl groups excluding tert-OH is 1. The van der Waals surface area contributed by atoms with E-state index in [9.17, 15) is 19.5 Å². The van der Waals surface area contributed by atoms with Crippen molar-refractivity contribution in [2.45, 2.75) is 68.2 Å². The van der Waals surface area contributed by atoms with Crippen molar-refractivity contribution in [2.24, 2.45) is 11.8 Å². The third-order valence-corrected chi connectivity index (χ3v) is 13.6. The molecule has 16 heteroatoms. The molecule has 8 rings (SSSR count). The number of carbonyl (C=O) groups is 6. The van der Waals surface area contributed by atoms with Crippen LogP contribution >= 0.6 is 0 Å². The lowest BCUT2D eigenvalue weighted by Crippen LogP contribution is -2.56. The predicted molar refractivity (Wildman–Crippen MR) is 253 cm³/mol. The van der Waals surface area contributed by atoms with E-state index < -0.39 is 77.3 Å². The quantitative estimate of drug-likeness (QED) is 0.0540. The number of cyclic esters (lactones) is 1. The van der Waals surface area contributed by atoms with Crippen LogP contribution in [0.4, 0.5) is 10.5 Å². The Morgan fingerprint density at radius 3 is 2.07 bits per heavy atom. The predicted octanol–water partition coefficient (Wildman–Crippen LogP) is 6.00. The molecule has 4 aromatic carbocycles. The average Bonchev–Trinajstić information content (AvgIpc) is 3.83. The molecule has 16 nitrogen and oxygen atoms in total. The summed E-state index contributed by atoms with van der Waals surface area (Å²) in [4.78, 5) is 92.7. The van der Waals surface area contributed by atoms with Gasteiger partial charge >= 0.3 is 24.0 Å². The van der Waals surface area contributed by atoms with E-state index >= 15 is 14.4 Å². The van der Waals surface area contributed by atoms with Crippen LogP contribution in [0.1, 0.15) is 84.5 Å². The molecule has 366 valence electrons. The number of ether oxygens (including phenoxy) is 6. The molecule has 6 atom stereocenters. The maximum absolute atomic E-state index is 16.5. The molecule has 0 unspecified atom stereocenters. The zero-order valence-corrected chi connectivity index (χ0v) is 39.5. The molecule has 0 saturated carbocycles. The van der Waals surface area contributed by atoms with Crippen LogP contribution in [0, 0.1) is 23.7 Å². The number of morpholine rings is 1. The van der Waals surface area contributed by atoms with Crippen molar-refractivity contribution in [3.8, 4) is 17.6 Å². The number of benzene rings is 4. The summed E-state index contributed by atoms with van der Waals surface area (Å²) in [5.74, 6) is -0.241. The van der Waals surface area contributed by atoms with Gasteiger partial charge in [0.05, 0.1) is 51.1 Å². The number of likely N-dealkylation sites (tertiary alicyclic amines) is 1. The van der Waals surface area contributed by atoms with Gasteiger partial charge in [0.1, 0.15) is 36.5 Å². The fourth-order valence-electron chi connectivity index (χ4n) is 10.6. The van der Waals surface area contributed by atoms with Gasteiger partial charge in [0.25, 0.3) is 0 Å². The van der Waals surface area contributed by atoms with E-state index in [2.05, 4.69) is 11.8 Å². The van der Waals surface area contributed by atoms with E-state index in [4.69, 9.17) is 28.4 Å². The maximum atomic E-state index is 16.5. The van der Waals surface area contributed by atoms with Crippen LogP contribution in [-0.4, -0.2) is 118 Å². The molecule has 1 N–H and O–H groups in total. The third-order valence-electron chi connectivity index (χ3n) is 13.6. The summed E-state index contributed by atoms with van der Waals surface area (Å²) < 4.78 is 33.2. The number of imide groups is 1. The first-order chi connectivity index (χ1) is 34.1. The number of fused-ring (bicyclic) bond motifs is 3. The highest BCUT2D eigenvalue weighted by Crippen LogP contribution is 2.66. The highest BCUT2D eigenvalue weighted by Gasteiger charge is 2.76. The normalized spacial score (nSPS) is 23.0. The number of aliphatic hydroxyl groups is 1. The van der Waals surface area contributed by atoms with E-state index in [1.165, 1.54) is 7.11 Å².